The number of β-lactam (4-membered cyclic amide) rings is 1. The van der Waals surface area contributed by atoms with E-state index in [0.29, 0.717) is 17.1 Å². The number of hydrogen-bond donors (Lipinski definition) is 1. The van der Waals surface area contributed by atoms with Crippen LogP contribution in [0.2, 0.25) is 0 Å². The predicted molar refractivity (Wildman–Crippen MR) is 112 cm³/mol. The van der Waals surface area contributed by atoms with E-state index >= 15 is 0 Å². The summed E-state index contributed by atoms with van der Waals surface area (Å²) in [5, 5.41) is 2.33. The number of esters is 1. The molecule has 0 saturated carbocycles. The molecule has 0 radical (unpaired) electrons. The first-order valence-corrected chi connectivity index (χ1v) is 10.6. The average molecular weight is 435 g/mol. The topological polar surface area (TPSA) is 94.2 Å². The van der Waals surface area contributed by atoms with Gasteiger partial charge >= 0.3 is 5.97 Å². The van der Waals surface area contributed by atoms with E-state index in [4.69, 9.17) is 14.2 Å². The largest absolute Gasteiger partial charge is 0.484 e. The number of benzene rings is 1. The third-order valence-electron chi connectivity index (χ3n) is 4.39. The second-order valence-corrected chi connectivity index (χ2v) is 9.05. The van der Waals surface area contributed by atoms with Crippen molar-refractivity contribution < 1.29 is 28.6 Å². The number of rotatable bonds is 7. The van der Waals surface area contributed by atoms with Gasteiger partial charge in [0.1, 0.15) is 28.5 Å². The van der Waals surface area contributed by atoms with Gasteiger partial charge < -0.3 is 19.5 Å². The van der Waals surface area contributed by atoms with Gasteiger partial charge in [-0.25, -0.2) is 4.79 Å². The average Bonchev–Trinajstić information content (AvgIpc) is 2.69. The maximum atomic E-state index is 12.8. The number of nitrogens with zero attached hydrogens (tertiary/aromatic N) is 1. The van der Waals surface area contributed by atoms with E-state index in [9.17, 15) is 14.4 Å². The van der Waals surface area contributed by atoms with Gasteiger partial charge in [0.2, 0.25) is 0 Å². The Hall–Kier alpha value is -2.52. The van der Waals surface area contributed by atoms with Gasteiger partial charge in [-0.1, -0.05) is 18.2 Å². The summed E-state index contributed by atoms with van der Waals surface area (Å²) in [6, 6.07) is 8.24. The van der Waals surface area contributed by atoms with Gasteiger partial charge in [0.25, 0.3) is 11.8 Å². The Morgan fingerprint density at radius 2 is 1.93 bits per heavy atom. The molecule has 162 valence electrons. The molecule has 3 rings (SSSR count). The van der Waals surface area contributed by atoms with Crippen molar-refractivity contribution in [2.24, 2.45) is 0 Å². The first kappa shape index (κ1) is 22.2. The number of thioether (sulfide) groups is 1. The monoisotopic (exact) mass is 434 g/mol. The lowest BCUT2D eigenvalue weighted by molar-refractivity contribution is -0.159. The molecule has 2 aliphatic rings. The molecule has 2 atom stereocenters. The van der Waals surface area contributed by atoms with Crippen LogP contribution < -0.4 is 10.1 Å². The highest BCUT2D eigenvalue weighted by molar-refractivity contribution is 8.00. The minimum atomic E-state index is -0.719. The van der Waals surface area contributed by atoms with Crippen molar-refractivity contribution in [1.82, 2.24) is 10.2 Å². The zero-order valence-corrected chi connectivity index (χ0v) is 18.3. The molecular formula is C21H26N2O6S. The van der Waals surface area contributed by atoms with Crippen LogP contribution >= 0.6 is 11.8 Å². The molecule has 1 N–H and O–H groups in total. The molecular weight excluding hydrogens is 408 g/mol. The smallest absolute Gasteiger partial charge is 0.355 e. The van der Waals surface area contributed by atoms with E-state index in [2.05, 4.69) is 5.32 Å². The summed E-state index contributed by atoms with van der Waals surface area (Å²) in [7, 11) is 1.53. The number of ether oxygens (including phenoxy) is 3. The van der Waals surface area contributed by atoms with Crippen molar-refractivity contribution in [2.45, 2.75) is 37.8 Å². The molecule has 2 heterocycles. The summed E-state index contributed by atoms with van der Waals surface area (Å²) < 4.78 is 16.1. The lowest BCUT2D eigenvalue weighted by Crippen LogP contribution is -2.71. The molecule has 1 aromatic carbocycles. The molecule has 0 spiro atoms. The molecule has 1 fully saturated rings. The van der Waals surface area contributed by atoms with Crippen LogP contribution in [0.1, 0.15) is 20.8 Å². The van der Waals surface area contributed by atoms with Crippen LogP contribution in [0, 0.1) is 0 Å². The zero-order valence-electron chi connectivity index (χ0n) is 17.5. The molecule has 1 aromatic rings. The minimum Gasteiger partial charge on any atom is -0.484 e. The van der Waals surface area contributed by atoms with Gasteiger partial charge in [0.05, 0.1) is 6.61 Å². The summed E-state index contributed by atoms with van der Waals surface area (Å²) in [5.74, 6) is -0.243. The molecule has 0 bridgehead atoms. The highest BCUT2D eigenvalue weighted by atomic mass is 32.2. The Labute approximate surface area is 179 Å². The first-order valence-electron chi connectivity index (χ1n) is 9.57. The number of nitrogens with one attached hydrogen (secondary N) is 1. The summed E-state index contributed by atoms with van der Waals surface area (Å²) in [6.45, 7) is 5.33. The van der Waals surface area contributed by atoms with Crippen LogP contribution in [-0.2, 0) is 23.9 Å². The maximum Gasteiger partial charge on any atom is 0.355 e. The van der Waals surface area contributed by atoms with E-state index in [-0.39, 0.29) is 30.2 Å². The number of amides is 2. The highest BCUT2D eigenvalue weighted by Gasteiger charge is 2.54. The zero-order chi connectivity index (χ0) is 21.9. The number of hydrogen-bond acceptors (Lipinski definition) is 7. The molecule has 30 heavy (non-hydrogen) atoms. The minimum absolute atomic E-state index is 0.200. The summed E-state index contributed by atoms with van der Waals surface area (Å²) >= 11 is 1.47. The van der Waals surface area contributed by atoms with Crippen LogP contribution in [0.4, 0.5) is 0 Å². The molecule has 2 amide bonds. The highest BCUT2D eigenvalue weighted by Crippen LogP contribution is 2.41. The van der Waals surface area contributed by atoms with Crippen LogP contribution in [-0.4, -0.2) is 65.8 Å². The van der Waals surface area contributed by atoms with Crippen molar-refractivity contribution in [3.63, 3.8) is 0 Å². The van der Waals surface area contributed by atoms with Crippen molar-refractivity contribution >= 4 is 29.5 Å². The van der Waals surface area contributed by atoms with Gasteiger partial charge in [0, 0.05) is 12.9 Å². The van der Waals surface area contributed by atoms with E-state index in [0.717, 1.165) is 0 Å². The van der Waals surface area contributed by atoms with Crippen LogP contribution in [0.15, 0.2) is 41.6 Å². The second kappa shape index (κ2) is 9.09. The fourth-order valence-electron chi connectivity index (χ4n) is 3.16. The number of para-hydroxylation sites is 1. The molecule has 8 nitrogen and oxygen atoms in total. The standard InChI is InChI=1S/C21H26N2O6S/c1-21(2,3)29-20(26)17-13(10-27-4)12-30-19-16(18(25)23(17)19)22-15(24)11-28-14-8-6-5-7-9-14/h5-9,16,19H,10-12H2,1-4H3,(H,22,24)/t16-,19+/m1/s1. The van der Waals surface area contributed by atoms with Crippen molar-refractivity contribution in [3.05, 3.63) is 41.6 Å². The second-order valence-electron chi connectivity index (χ2n) is 7.94. The van der Waals surface area contributed by atoms with Crippen LogP contribution in [0.25, 0.3) is 0 Å². The third kappa shape index (κ3) is 4.96. The van der Waals surface area contributed by atoms with Crippen LogP contribution in [0.5, 0.6) is 5.75 Å². The SMILES string of the molecule is COCC1=C(C(=O)OC(C)(C)C)N2C(=O)[C@@H](NC(=O)COc3ccccc3)[C@@H]2SC1. The van der Waals surface area contributed by atoms with E-state index in [1.54, 1.807) is 45.0 Å². The number of fused-ring (bicyclic) bond motifs is 1. The van der Waals surface area contributed by atoms with E-state index in [1.165, 1.54) is 23.8 Å². The van der Waals surface area contributed by atoms with Crippen molar-refractivity contribution in [3.8, 4) is 5.75 Å². The molecule has 0 aromatic heterocycles. The van der Waals surface area contributed by atoms with Crippen LogP contribution in [0.3, 0.4) is 0 Å². The van der Waals surface area contributed by atoms with Gasteiger partial charge in [-0.2, -0.15) is 0 Å². The predicted octanol–water partition coefficient (Wildman–Crippen LogP) is 1.71. The normalized spacial score (nSPS) is 20.9. The Bertz CT molecular complexity index is 849. The Morgan fingerprint density at radius 1 is 1.23 bits per heavy atom. The van der Waals surface area contributed by atoms with Gasteiger partial charge in [-0.3, -0.25) is 14.5 Å². The van der Waals surface area contributed by atoms with Gasteiger partial charge in [-0.05, 0) is 38.5 Å². The fourth-order valence-corrected chi connectivity index (χ4v) is 4.49. The number of carbonyl (C=O) groups is 3. The summed E-state index contributed by atoms with van der Waals surface area (Å²) in [5.41, 5.74) is 0.212. The van der Waals surface area contributed by atoms with Gasteiger partial charge in [0.15, 0.2) is 6.61 Å². The van der Waals surface area contributed by atoms with E-state index < -0.39 is 23.5 Å². The van der Waals surface area contributed by atoms with Crippen molar-refractivity contribution in [2.75, 3.05) is 26.1 Å². The number of methoxy groups -OCH3 is 1. The molecule has 0 aliphatic carbocycles. The Balaban J connectivity index is 1.67. The van der Waals surface area contributed by atoms with Gasteiger partial charge in [-0.15, -0.1) is 11.8 Å². The molecule has 9 heteroatoms. The Morgan fingerprint density at radius 3 is 2.57 bits per heavy atom. The lowest BCUT2D eigenvalue weighted by atomic mass is 10.0. The quantitative estimate of drug-likeness (QED) is 0.516. The summed E-state index contributed by atoms with van der Waals surface area (Å²) in [4.78, 5) is 39.3. The third-order valence-corrected chi connectivity index (χ3v) is 5.73. The first-order chi connectivity index (χ1) is 14.2. The molecule has 2 aliphatic heterocycles. The Kier molecular flexibility index (Phi) is 6.72. The van der Waals surface area contributed by atoms with Crippen molar-refractivity contribution in [1.29, 1.82) is 0 Å². The number of carbonyl (C=O) groups excluding carboxylic acids is 3. The fraction of sp³-hybridized carbons (Fsp3) is 0.476. The molecule has 0 unspecified atom stereocenters. The lowest BCUT2D eigenvalue weighted by Gasteiger charge is -2.49. The maximum absolute atomic E-state index is 12.8. The van der Waals surface area contributed by atoms with E-state index in [1.807, 2.05) is 6.07 Å². The molecule has 1 saturated heterocycles. The summed E-state index contributed by atoms with van der Waals surface area (Å²) in [6.07, 6.45) is 0.